The van der Waals surface area contributed by atoms with E-state index >= 15 is 0 Å². The second kappa shape index (κ2) is 6.57. The van der Waals surface area contributed by atoms with Crippen molar-refractivity contribution in [3.05, 3.63) is 35.9 Å². The number of carbonyl (C=O) groups excluding carboxylic acids is 1. The number of nitrogens with zero attached hydrogens (tertiary/aromatic N) is 2. The van der Waals surface area contributed by atoms with E-state index in [0.717, 1.165) is 37.3 Å². The second-order valence-corrected chi connectivity index (χ2v) is 5.33. The molecule has 0 bridgehead atoms. The topological polar surface area (TPSA) is 49.6 Å². The van der Waals surface area contributed by atoms with Crippen molar-refractivity contribution in [3.8, 4) is 0 Å². The molecule has 108 valence electrons. The van der Waals surface area contributed by atoms with Gasteiger partial charge in [-0.1, -0.05) is 19.1 Å². The quantitative estimate of drug-likeness (QED) is 0.675. The molecule has 1 aromatic carbocycles. The molecule has 0 saturated carbocycles. The number of anilines is 1. The van der Waals surface area contributed by atoms with Gasteiger partial charge < -0.3 is 10.6 Å². The van der Waals surface area contributed by atoms with Gasteiger partial charge in [0.05, 0.1) is 0 Å². The van der Waals surface area contributed by atoms with Crippen LogP contribution >= 0.6 is 0 Å². The molecule has 0 aromatic heterocycles. The van der Waals surface area contributed by atoms with Crippen molar-refractivity contribution < 1.29 is 4.79 Å². The summed E-state index contributed by atoms with van der Waals surface area (Å²) in [5.41, 5.74) is 7.37. The SMILES string of the molecule is CCC1CN(C(=O)/C=C/c2ccc(N)cc2)CCN1C. The average Bonchev–Trinajstić information content (AvgIpc) is 2.47. The summed E-state index contributed by atoms with van der Waals surface area (Å²) < 4.78 is 0. The van der Waals surface area contributed by atoms with Crippen molar-refractivity contribution in [2.24, 2.45) is 0 Å². The van der Waals surface area contributed by atoms with E-state index in [9.17, 15) is 4.79 Å². The number of nitrogen functional groups attached to an aromatic ring is 1. The third-order valence-corrected chi connectivity index (χ3v) is 3.91. The number of hydrogen-bond acceptors (Lipinski definition) is 3. The standard InChI is InChI=1S/C16H23N3O/c1-3-15-12-19(11-10-18(15)2)16(20)9-6-13-4-7-14(17)8-5-13/h4-9,15H,3,10-12,17H2,1-2H3/b9-6+. The molecule has 1 aliphatic rings. The van der Waals surface area contributed by atoms with Crippen molar-refractivity contribution >= 4 is 17.7 Å². The maximum Gasteiger partial charge on any atom is 0.246 e. The number of nitrogens with two attached hydrogens (primary N) is 1. The Hall–Kier alpha value is -1.81. The lowest BCUT2D eigenvalue weighted by Gasteiger charge is -2.38. The predicted molar refractivity (Wildman–Crippen MR) is 83.2 cm³/mol. The van der Waals surface area contributed by atoms with Gasteiger partial charge in [-0.2, -0.15) is 0 Å². The van der Waals surface area contributed by atoms with Crippen LogP contribution in [0.15, 0.2) is 30.3 Å². The minimum atomic E-state index is 0.0911. The maximum absolute atomic E-state index is 12.2. The summed E-state index contributed by atoms with van der Waals surface area (Å²) >= 11 is 0. The average molecular weight is 273 g/mol. The normalized spacial score (nSPS) is 20.5. The molecule has 2 N–H and O–H groups in total. The Bertz CT molecular complexity index is 481. The molecule has 1 aromatic rings. The molecule has 1 atom stereocenters. The van der Waals surface area contributed by atoms with Gasteiger partial charge in [0.25, 0.3) is 0 Å². The highest BCUT2D eigenvalue weighted by molar-refractivity contribution is 5.91. The number of benzene rings is 1. The van der Waals surface area contributed by atoms with Crippen LogP contribution in [0.2, 0.25) is 0 Å². The van der Waals surface area contributed by atoms with E-state index in [1.54, 1.807) is 6.08 Å². The van der Waals surface area contributed by atoms with Crippen LogP contribution in [-0.2, 0) is 4.79 Å². The Morgan fingerprint density at radius 1 is 1.35 bits per heavy atom. The van der Waals surface area contributed by atoms with E-state index in [1.807, 2.05) is 35.2 Å². The van der Waals surface area contributed by atoms with Crippen LogP contribution in [0.3, 0.4) is 0 Å². The van der Waals surface area contributed by atoms with Crippen molar-refractivity contribution in [1.29, 1.82) is 0 Å². The lowest BCUT2D eigenvalue weighted by Crippen LogP contribution is -2.52. The number of rotatable bonds is 3. The van der Waals surface area contributed by atoms with Gasteiger partial charge in [0.15, 0.2) is 0 Å². The number of hydrogen-bond donors (Lipinski definition) is 1. The van der Waals surface area contributed by atoms with Crippen molar-refractivity contribution in [3.63, 3.8) is 0 Å². The molecule has 20 heavy (non-hydrogen) atoms. The first kappa shape index (κ1) is 14.6. The zero-order valence-corrected chi connectivity index (χ0v) is 12.2. The number of piperazine rings is 1. The summed E-state index contributed by atoms with van der Waals surface area (Å²) in [5, 5.41) is 0. The fourth-order valence-corrected chi connectivity index (χ4v) is 2.47. The van der Waals surface area contributed by atoms with Gasteiger partial charge in [-0.25, -0.2) is 0 Å². The van der Waals surface area contributed by atoms with E-state index in [-0.39, 0.29) is 5.91 Å². The minimum Gasteiger partial charge on any atom is -0.399 e. The molecule has 1 amide bonds. The van der Waals surface area contributed by atoms with E-state index in [4.69, 9.17) is 5.73 Å². The molecule has 2 rings (SSSR count). The molecular weight excluding hydrogens is 250 g/mol. The molecule has 0 aliphatic carbocycles. The number of amides is 1. The summed E-state index contributed by atoms with van der Waals surface area (Å²) in [6.07, 6.45) is 4.58. The summed E-state index contributed by atoms with van der Waals surface area (Å²) in [4.78, 5) is 16.5. The summed E-state index contributed by atoms with van der Waals surface area (Å²) in [5.74, 6) is 0.0911. The van der Waals surface area contributed by atoms with Crippen LogP contribution in [0.5, 0.6) is 0 Å². The lowest BCUT2D eigenvalue weighted by atomic mass is 10.1. The van der Waals surface area contributed by atoms with Gasteiger partial charge in [-0.15, -0.1) is 0 Å². The third kappa shape index (κ3) is 3.61. The van der Waals surface area contributed by atoms with Gasteiger partial charge in [0.1, 0.15) is 0 Å². The van der Waals surface area contributed by atoms with Gasteiger partial charge in [0, 0.05) is 37.4 Å². The fraction of sp³-hybridized carbons (Fsp3) is 0.438. The highest BCUT2D eigenvalue weighted by Crippen LogP contribution is 2.12. The zero-order chi connectivity index (χ0) is 14.5. The number of carbonyl (C=O) groups is 1. The van der Waals surface area contributed by atoms with Crippen molar-refractivity contribution in [2.45, 2.75) is 19.4 Å². The van der Waals surface area contributed by atoms with E-state index in [2.05, 4.69) is 18.9 Å². The summed E-state index contributed by atoms with van der Waals surface area (Å²) in [7, 11) is 2.13. The Balaban J connectivity index is 1.96. The van der Waals surface area contributed by atoms with Crippen molar-refractivity contribution in [1.82, 2.24) is 9.80 Å². The van der Waals surface area contributed by atoms with Crippen LogP contribution in [-0.4, -0.2) is 48.4 Å². The fourth-order valence-electron chi connectivity index (χ4n) is 2.47. The van der Waals surface area contributed by atoms with Gasteiger partial charge in [0.2, 0.25) is 5.91 Å². The molecule has 4 heteroatoms. The molecule has 0 radical (unpaired) electrons. The van der Waals surface area contributed by atoms with E-state index in [1.165, 1.54) is 0 Å². The van der Waals surface area contributed by atoms with Crippen LogP contribution < -0.4 is 5.73 Å². The molecule has 0 spiro atoms. The van der Waals surface area contributed by atoms with Gasteiger partial charge in [-0.05, 0) is 37.2 Å². The number of likely N-dealkylation sites (N-methyl/N-ethyl adjacent to an activating group) is 1. The smallest absolute Gasteiger partial charge is 0.246 e. The molecular formula is C16H23N3O. The second-order valence-electron chi connectivity index (χ2n) is 5.33. The highest BCUT2D eigenvalue weighted by atomic mass is 16.2. The first-order chi connectivity index (χ1) is 9.60. The minimum absolute atomic E-state index is 0.0911. The molecule has 1 fully saturated rings. The van der Waals surface area contributed by atoms with E-state index in [0.29, 0.717) is 6.04 Å². The molecule has 1 saturated heterocycles. The Labute approximate surface area is 120 Å². The van der Waals surface area contributed by atoms with Crippen LogP contribution in [0, 0.1) is 0 Å². The third-order valence-electron chi connectivity index (χ3n) is 3.91. The monoisotopic (exact) mass is 273 g/mol. The molecule has 4 nitrogen and oxygen atoms in total. The largest absolute Gasteiger partial charge is 0.399 e. The first-order valence-corrected chi connectivity index (χ1v) is 7.13. The molecule has 1 unspecified atom stereocenters. The highest BCUT2D eigenvalue weighted by Gasteiger charge is 2.24. The lowest BCUT2D eigenvalue weighted by molar-refractivity contribution is -0.128. The summed E-state index contributed by atoms with van der Waals surface area (Å²) in [6.45, 7) is 4.73. The Morgan fingerprint density at radius 3 is 2.70 bits per heavy atom. The molecule has 1 heterocycles. The predicted octanol–water partition coefficient (Wildman–Crippen LogP) is 1.83. The van der Waals surface area contributed by atoms with Crippen molar-refractivity contribution in [2.75, 3.05) is 32.4 Å². The Morgan fingerprint density at radius 2 is 2.05 bits per heavy atom. The molecule has 1 aliphatic heterocycles. The Kier molecular flexibility index (Phi) is 4.79. The van der Waals surface area contributed by atoms with Gasteiger partial charge >= 0.3 is 0 Å². The van der Waals surface area contributed by atoms with Gasteiger partial charge in [-0.3, -0.25) is 9.69 Å². The maximum atomic E-state index is 12.2. The van der Waals surface area contributed by atoms with E-state index < -0.39 is 0 Å². The van der Waals surface area contributed by atoms with Crippen LogP contribution in [0.25, 0.3) is 6.08 Å². The van der Waals surface area contributed by atoms with Crippen LogP contribution in [0.4, 0.5) is 5.69 Å². The first-order valence-electron chi connectivity index (χ1n) is 7.13. The summed E-state index contributed by atoms with van der Waals surface area (Å²) in [6, 6.07) is 7.98. The zero-order valence-electron chi connectivity index (χ0n) is 12.2. The van der Waals surface area contributed by atoms with Crippen LogP contribution in [0.1, 0.15) is 18.9 Å².